The van der Waals surface area contributed by atoms with Crippen LogP contribution in [0.4, 0.5) is 0 Å². The number of aromatic hydroxyl groups is 1. The molecule has 1 aromatic heterocycles. The zero-order valence-electron chi connectivity index (χ0n) is 15.7. The van der Waals surface area contributed by atoms with Gasteiger partial charge in [-0.25, -0.2) is 9.66 Å². The average Bonchev–Trinajstić information content (AvgIpc) is 3.14. The van der Waals surface area contributed by atoms with E-state index in [0.717, 1.165) is 11.1 Å². The highest BCUT2D eigenvalue weighted by molar-refractivity contribution is 6.37. The second kappa shape index (κ2) is 7.47. The topological polar surface area (TPSA) is 64.1 Å². The number of imidazole rings is 1. The summed E-state index contributed by atoms with van der Waals surface area (Å²) in [5.74, 6) is 7.06. The Balaban J connectivity index is 1.93. The third-order valence-electron chi connectivity index (χ3n) is 5.26. The molecule has 0 unspecified atom stereocenters. The summed E-state index contributed by atoms with van der Waals surface area (Å²) >= 11 is 12.2. The Hall–Kier alpha value is -2.95. The van der Waals surface area contributed by atoms with Crippen molar-refractivity contribution in [2.45, 2.75) is 12.3 Å². The van der Waals surface area contributed by atoms with Crippen LogP contribution in [-0.4, -0.2) is 14.8 Å². The fourth-order valence-electron chi connectivity index (χ4n) is 3.63. The van der Waals surface area contributed by atoms with Gasteiger partial charge in [0, 0.05) is 5.56 Å². The van der Waals surface area contributed by atoms with Crippen LogP contribution in [0.5, 0.6) is 5.75 Å². The molecule has 0 fully saturated rings. The van der Waals surface area contributed by atoms with E-state index in [1.807, 2.05) is 36.4 Å². The van der Waals surface area contributed by atoms with Crippen molar-refractivity contribution in [3.8, 4) is 17.0 Å². The molecule has 4 aromatic rings. The number of nitrogen functional groups attached to an aromatic ring is 1. The van der Waals surface area contributed by atoms with E-state index in [-0.39, 0.29) is 15.8 Å². The monoisotopic (exact) mass is 423 g/mol. The highest BCUT2D eigenvalue weighted by atomic mass is 35.5. The number of hydrogen-bond acceptors (Lipinski definition) is 3. The van der Waals surface area contributed by atoms with Crippen LogP contribution in [0.3, 0.4) is 0 Å². The summed E-state index contributed by atoms with van der Waals surface area (Å²) in [6.45, 7) is 2.10. The van der Waals surface area contributed by atoms with Gasteiger partial charge in [-0.2, -0.15) is 0 Å². The smallest absolute Gasteiger partial charge is 0.152 e. The van der Waals surface area contributed by atoms with E-state index >= 15 is 0 Å². The molecule has 0 radical (unpaired) electrons. The molecule has 0 aliphatic carbocycles. The van der Waals surface area contributed by atoms with Crippen LogP contribution >= 0.6 is 23.2 Å². The highest BCUT2D eigenvalue weighted by Crippen LogP contribution is 2.40. The number of nitrogens with two attached hydrogens (primary N) is 1. The number of phenols is 1. The van der Waals surface area contributed by atoms with Crippen LogP contribution in [0.2, 0.25) is 10.0 Å². The van der Waals surface area contributed by atoms with E-state index < -0.39 is 5.41 Å². The van der Waals surface area contributed by atoms with Crippen molar-refractivity contribution in [2.24, 2.45) is 0 Å². The van der Waals surface area contributed by atoms with Crippen molar-refractivity contribution in [3.63, 3.8) is 0 Å². The predicted molar refractivity (Wildman–Crippen MR) is 118 cm³/mol. The van der Waals surface area contributed by atoms with Gasteiger partial charge in [-0.3, -0.25) is 0 Å². The summed E-state index contributed by atoms with van der Waals surface area (Å²) in [5, 5.41) is 10.2. The zero-order valence-corrected chi connectivity index (χ0v) is 17.2. The average molecular weight is 424 g/mol. The maximum absolute atomic E-state index is 9.86. The van der Waals surface area contributed by atoms with Gasteiger partial charge in [-0.1, -0.05) is 83.9 Å². The molecule has 29 heavy (non-hydrogen) atoms. The van der Waals surface area contributed by atoms with Gasteiger partial charge < -0.3 is 10.9 Å². The molecule has 0 aliphatic rings. The number of nitrogens with zero attached hydrogens (tertiary/aromatic N) is 2. The summed E-state index contributed by atoms with van der Waals surface area (Å²) < 4.78 is 1.55. The summed E-state index contributed by atoms with van der Waals surface area (Å²) in [7, 11) is 0. The highest BCUT2D eigenvalue weighted by Gasteiger charge is 2.36. The lowest BCUT2D eigenvalue weighted by atomic mass is 9.75. The SMILES string of the molecule is CC(c1ccccc1)(c1ccccc1)c1ncc(-c2cc(Cl)c(O)c(Cl)c2)n1N. The molecular formula is C23H19Cl2N3O. The van der Waals surface area contributed by atoms with Crippen LogP contribution in [0.15, 0.2) is 79.0 Å². The van der Waals surface area contributed by atoms with Gasteiger partial charge >= 0.3 is 0 Å². The minimum atomic E-state index is -0.583. The molecule has 1 heterocycles. The second-order valence-corrected chi connectivity index (χ2v) is 7.80. The van der Waals surface area contributed by atoms with Crippen molar-refractivity contribution < 1.29 is 5.11 Å². The van der Waals surface area contributed by atoms with Crippen LogP contribution < -0.4 is 5.84 Å². The van der Waals surface area contributed by atoms with Gasteiger partial charge in [0.05, 0.1) is 27.4 Å². The number of phenolic OH excluding ortho intramolecular Hbond substituents is 1. The van der Waals surface area contributed by atoms with Crippen molar-refractivity contribution in [1.29, 1.82) is 0 Å². The lowest BCUT2D eigenvalue weighted by Crippen LogP contribution is -2.32. The van der Waals surface area contributed by atoms with Gasteiger partial charge in [0.25, 0.3) is 0 Å². The first kappa shape index (κ1) is 19.4. The maximum atomic E-state index is 9.86. The molecule has 4 nitrogen and oxygen atoms in total. The predicted octanol–water partition coefficient (Wildman–Crippen LogP) is 5.63. The van der Waals surface area contributed by atoms with E-state index in [1.165, 1.54) is 0 Å². The Bertz CT molecular complexity index is 1090. The van der Waals surface area contributed by atoms with Crippen molar-refractivity contribution in [2.75, 3.05) is 5.84 Å². The number of hydrogen-bond donors (Lipinski definition) is 2. The molecule has 0 bridgehead atoms. The third kappa shape index (κ3) is 3.24. The first-order valence-electron chi connectivity index (χ1n) is 9.05. The van der Waals surface area contributed by atoms with Crippen LogP contribution in [-0.2, 0) is 5.41 Å². The molecule has 0 amide bonds. The summed E-state index contributed by atoms with van der Waals surface area (Å²) in [4.78, 5) is 4.69. The molecule has 0 saturated heterocycles. The van der Waals surface area contributed by atoms with Crippen molar-refractivity contribution >= 4 is 23.2 Å². The van der Waals surface area contributed by atoms with E-state index in [2.05, 4.69) is 36.2 Å². The summed E-state index contributed by atoms with van der Waals surface area (Å²) in [6.07, 6.45) is 1.69. The molecule has 0 atom stereocenters. The van der Waals surface area contributed by atoms with E-state index in [1.54, 1.807) is 23.0 Å². The number of aromatic nitrogens is 2. The molecule has 0 aliphatic heterocycles. The van der Waals surface area contributed by atoms with E-state index in [0.29, 0.717) is 17.1 Å². The minimum Gasteiger partial charge on any atom is -0.505 e. The number of rotatable bonds is 4. The normalized spacial score (nSPS) is 11.6. The number of halogens is 2. The first-order chi connectivity index (χ1) is 13.9. The van der Waals surface area contributed by atoms with Crippen LogP contribution in [0.25, 0.3) is 11.3 Å². The standard InChI is InChI=1S/C23H19Cl2N3O/c1-23(16-8-4-2-5-9-16,17-10-6-3-7-11-17)22-27-14-20(28(22)26)15-12-18(24)21(29)19(25)13-15/h2-14,29H,26H2,1H3. The molecule has 3 N–H and O–H groups in total. The molecule has 0 spiro atoms. The Morgan fingerprint density at radius 2 is 1.38 bits per heavy atom. The van der Waals surface area contributed by atoms with Gasteiger partial charge in [0.2, 0.25) is 0 Å². The Morgan fingerprint density at radius 1 is 0.897 bits per heavy atom. The molecule has 4 rings (SSSR count). The Morgan fingerprint density at radius 3 is 1.86 bits per heavy atom. The largest absolute Gasteiger partial charge is 0.505 e. The Labute approximate surface area is 179 Å². The first-order valence-corrected chi connectivity index (χ1v) is 9.81. The van der Waals surface area contributed by atoms with Gasteiger partial charge in [-0.15, -0.1) is 0 Å². The summed E-state index contributed by atoms with van der Waals surface area (Å²) in [5.41, 5.74) is 2.86. The van der Waals surface area contributed by atoms with Gasteiger partial charge in [0.1, 0.15) is 5.82 Å². The molecule has 0 saturated carbocycles. The van der Waals surface area contributed by atoms with Crippen LogP contribution in [0.1, 0.15) is 23.9 Å². The van der Waals surface area contributed by atoms with Crippen LogP contribution in [0, 0.1) is 0 Å². The maximum Gasteiger partial charge on any atom is 0.152 e. The summed E-state index contributed by atoms with van der Waals surface area (Å²) in [6, 6.07) is 23.5. The Kier molecular flexibility index (Phi) is 4.99. The van der Waals surface area contributed by atoms with E-state index in [4.69, 9.17) is 29.0 Å². The second-order valence-electron chi connectivity index (χ2n) is 6.98. The molecule has 146 valence electrons. The molecular weight excluding hydrogens is 405 g/mol. The zero-order chi connectivity index (χ0) is 20.6. The fourth-order valence-corrected chi connectivity index (χ4v) is 4.11. The number of benzene rings is 3. The van der Waals surface area contributed by atoms with E-state index in [9.17, 15) is 5.11 Å². The van der Waals surface area contributed by atoms with Crippen molar-refractivity contribution in [3.05, 3.63) is 106 Å². The quantitative estimate of drug-likeness (QED) is 0.418. The van der Waals surface area contributed by atoms with Crippen molar-refractivity contribution in [1.82, 2.24) is 9.66 Å². The van der Waals surface area contributed by atoms with Gasteiger partial charge in [0.15, 0.2) is 5.75 Å². The fraction of sp³-hybridized carbons (Fsp3) is 0.0870. The van der Waals surface area contributed by atoms with Gasteiger partial charge in [-0.05, 0) is 30.2 Å². The molecule has 6 heteroatoms. The molecule has 3 aromatic carbocycles. The lowest BCUT2D eigenvalue weighted by molar-refractivity contribution is 0.476. The lowest BCUT2D eigenvalue weighted by Gasteiger charge is -2.30. The minimum absolute atomic E-state index is 0.154. The third-order valence-corrected chi connectivity index (χ3v) is 5.84.